The van der Waals surface area contributed by atoms with Crippen molar-refractivity contribution in [1.29, 1.82) is 0 Å². The molecule has 0 amide bonds. The van der Waals surface area contributed by atoms with Gasteiger partial charge in [0.2, 0.25) is 0 Å². The Labute approximate surface area is 54.5 Å². The van der Waals surface area contributed by atoms with Crippen molar-refractivity contribution in [3.8, 4) is 12.3 Å². The predicted molar refractivity (Wildman–Crippen MR) is 35.9 cm³/mol. The summed E-state index contributed by atoms with van der Waals surface area (Å²) in [4.78, 5) is 0. The van der Waals surface area contributed by atoms with E-state index in [4.69, 9.17) is 6.42 Å². The fourth-order valence-electron chi connectivity index (χ4n) is 0.631. The van der Waals surface area contributed by atoms with E-state index in [0.717, 1.165) is 5.69 Å². The second-order valence-electron chi connectivity index (χ2n) is 1.94. The third kappa shape index (κ3) is 0.945. The molecular formula is C7H8N2. The quantitative estimate of drug-likeness (QED) is 0.461. The Morgan fingerprint density at radius 3 is 2.67 bits per heavy atom. The highest BCUT2D eigenvalue weighted by Crippen LogP contribution is 1.97. The van der Waals surface area contributed by atoms with Crippen LogP contribution in [-0.4, -0.2) is 9.78 Å². The summed E-state index contributed by atoms with van der Waals surface area (Å²) in [6, 6.07) is 1.88. The standard InChI is InChI=1S/C7H8N2/c1-4-7-5-6(2)9(3)8-7/h1,5H,2-3H3. The highest BCUT2D eigenvalue weighted by molar-refractivity contribution is 5.25. The fourth-order valence-corrected chi connectivity index (χ4v) is 0.631. The Bertz CT molecular complexity index is 233. The van der Waals surface area contributed by atoms with Crippen molar-refractivity contribution < 1.29 is 0 Å². The van der Waals surface area contributed by atoms with E-state index in [1.165, 1.54) is 0 Å². The average molecular weight is 120 g/mol. The van der Waals surface area contributed by atoms with E-state index in [1.54, 1.807) is 4.68 Å². The Hall–Kier alpha value is -1.23. The van der Waals surface area contributed by atoms with Gasteiger partial charge in [0.05, 0.1) is 0 Å². The van der Waals surface area contributed by atoms with Crippen LogP contribution in [0.2, 0.25) is 0 Å². The van der Waals surface area contributed by atoms with Crippen LogP contribution >= 0.6 is 0 Å². The highest BCUT2D eigenvalue weighted by atomic mass is 15.3. The third-order valence-corrected chi connectivity index (χ3v) is 1.26. The normalized spacial score (nSPS) is 9.00. The molecule has 0 aliphatic rings. The van der Waals surface area contributed by atoms with Crippen LogP contribution in [0.1, 0.15) is 11.4 Å². The van der Waals surface area contributed by atoms with Crippen molar-refractivity contribution in [1.82, 2.24) is 9.78 Å². The van der Waals surface area contributed by atoms with E-state index >= 15 is 0 Å². The Kier molecular flexibility index (Phi) is 1.27. The number of terminal acetylenes is 1. The lowest BCUT2D eigenvalue weighted by molar-refractivity contribution is 0.737. The van der Waals surface area contributed by atoms with Crippen molar-refractivity contribution in [2.45, 2.75) is 6.92 Å². The van der Waals surface area contributed by atoms with Gasteiger partial charge < -0.3 is 0 Å². The van der Waals surface area contributed by atoms with E-state index in [1.807, 2.05) is 20.0 Å². The summed E-state index contributed by atoms with van der Waals surface area (Å²) in [5.41, 5.74) is 1.79. The molecule has 0 aromatic carbocycles. The maximum absolute atomic E-state index is 5.11. The van der Waals surface area contributed by atoms with Crippen molar-refractivity contribution >= 4 is 0 Å². The molecule has 46 valence electrons. The summed E-state index contributed by atoms with van der Waals surface area (Å²) in [5, 5.41) is 4.01. The first-order valence-corrected chi connectivity index (χ1v) is 2.71. The molecule has 1 aromatic heterocycles. The highest BCUT2D eigenvalue weighted by Gasteiger charge is 1.94. The zero-order valence-corrected chi connectivity index (χ0v) is 5.55. The second-order valence-corrected chi connectivity index (χ2v) is 1.94. The monoisotopic (exact) mass is 120 g/mol. The maximum atomic E-state index is 5.11. The molecule has 0 N–H and O–H groups in total. The van der Waals surface area contributed by atoms with E-state index in [2.05, 4.69) is 11.0 Å². The van der Waals surface area contributed by atoms with Crippen LogP contribution < -0.4 is 0 Å². The van der Waals surface area contributed by atoms with E-state index in [0.29, 0.717) is 5.69 Å². The molecule has 0 spiro atoms. The molecule has 0 bridgehead atoms. The van der Waals surface area contributed by atoms with Crippen molar-refractivity contribution in [3.05, 3.63) is 17.5 Å². The minimum atomic E-state index is 0.704. The molecule has 2 heteroatoms. The molecule has 0 atom stereocenters. The minimum absolute atomic E-state index is 0.704. The number of hydrogen-bond acceptors (Lipinski definition) is 1. The molecule has 0 fully saturated rings. The lowest BCUT2D eigenvalue weighted by Crippen LogP contribution is -1.91. The third-order valence-electron chi connectivity index (χ3n) is 1.26. The topological polar surface area (TPSA) is 17.8 Å². The summed E-state index contributed by atoms with van der Waals surface area (Å²) in [6.45, 7) is 1.97. The average Bonchev–Trinajstić information content (AvgIpc) is 2.13. The molecule has 0 unspecified atom stereocenters. The number of hydrogen-bond donors (Lipinski definition) is 0. The largest absolute Gasteiger partial charge is 0.272 e. The van der Waals surface area contributed by atoms with Crippen LogP contribution in [0.15, 0.2) is 6.07 Å². The molecule has 1 heterocycles. The molecule has 0 radical (unpaired) electrons. The lowest BCUT2D eigenvalue weighted by Gasteiger charge is -1.87. The smallest absolute Gasteiger partial charge is 0.135 e. The van der Waals surface area contributed by atoms with Gasteiger partial charge in [0.15, 0.2) is 0 Å². The van der Waals surface area contributed by atoms with Gasteiger partial charge in [-0.2, -0.15) is 5.10 Å². The predicted octanol–water partition coefficient (Wildman–Crippen LogP) is 0.710. The molecule has 1 rings (SSSR count). The summed E-state index contributed by atoms with van der Waals surface area (Å²) in [5.74, 6) is 2.46. The van der Waals surface area contributed by atoms with Crippen LogP contribution in [0.3, 0.4) is 0 Å². The van der Waals surface area contributed by atoms with Crippen LogP contribution in [0.4, 0.5) is 0 Å². The zero-order chi connectivity index (χ0) is 6.85. The number of aryl methyl sites for hydroxylation is 2. The van der Waals surface area contributed by atoms with Crippen molar-refractivity contribution in [2.75, 3.05) is 0 Å². The van der Waals surface area contributed by atoms with Gasteiger partial charge in [0.25, 0.3) is 0 Å². The SMILES string of the molecule is C#Cc1cc(C)n(C)n1. The maximum Gasteiger partial charge on any atom is 0.135 e. The van der Waals surface area contributed by atoms with E-state index in [9.17, 15) is 0 Å². The van der Waals surface area contributed by atoms with Gasteiger partial charge in [0.1, 0.15) is 5.69 Å². The van der Waals surface area contributed by atoms with Gasteiger partial charge in [0, 0.05) is 12.7 Å². The summed E-state index contributed by atoms with van der Waals surface area (Å²) < 4.78 is 1.76. The molecular weight excluding hydrogens is 112 g/mol. The van der Waals surface area contributed by atoms with Crippen LogP contribution in [-0.2, 0) is 7.05 Å². The zero-order valence-electron chi connectivity index (χ0n) is 5.55. The summed E-state index contributed by atoms with van der Waals surface area (Å²) in [6.07, 6.45) is 5.11. The van der Waals surface area contributed by atoms with Gasteiger partial charge in [-0.25, -0.2) is 0 Å². The Balaban J connectivity index is 3.16. The Morgan fingerprint density at radius 1 is 1.78 bits per heavy atom. The molecule has 0 saturated carbocycles. The molecule has 0 aliphatic heterocycles. The molecule has 1 aromatic rings. The summed E-state index contributed by atoms with van der Waals surface area (Å²) >= 11 is 0. The van der Waals surface area contributed by atoms with Gasteiger partial charge >= 0.3 is 0 Å². The first kappa shape index (κ1) is 5.90. The second kappa shape index (κ2) is 1.94. The molecule has 9 heavy (non-hydrogen) atoms. The van der Waals surface area contributed by atoms with Crippen LogP contribution in [0, 0.1) is 19.3 Å². The number of rotatable bonds is 0. The Morgan fingerprint density at radius 2 is 2.44 bits per heavy atom. The summed E-state index contributed by atoms with van der Waals surface area (Å²) in [7, 11) is 1.87. The van der Waals surface area contributed by atoms with Gasteiger partial charge in [-0.05, 0) is 18.9 Å². The minimum Gasteiger partial charge on any atom is -0.272 e. The van der Waals surface area contributed by atoms with Gasteiger partial charge in [-0.15, -0.1) is 6.42 Å². The van der Waals surface area contributed by atoms with E-state index in [-0.39, 0.29) is 0 Å². The van der Waals surface area contributed by atoms with Crippen LogP contribution in [0.5, 0.6) is 0 Å². The van der Waals surface area contributed by atoms with E-state index < -0.39 is 0 Å². The molecule has 0 saturated heterocycles. The number of nitrogens with zero attached hydrogens (tertiary/aromatic N) is 2. The number of aromatic nitrogens is 2. The first-order valence-electron chi connectivity index (χ1n) is 2.71. The van der Waals surface area contributed by atoms with Crippen molar-refractivity contribution in [3.63, 3.8) is 0 Å². The fraction of sp³-hybridized carbons (Fsp3) is 0.286. The molecule has 2 nitrogen and oxygen atoms in total. The first-order chi connectivity index (χ1) is 4.24. The van der Waals surface area contributed by atoms with Gasteiger partial charge in [-0.1, -0.05) is 0 Å². The molecule has 0 aliphatic carbocycles. The lowest BCUT2D eigenvalue weighted by atomic mass is 10.4. The van der Waals surface area contributed by atoms with Crippen molar-refractivity contribution in [2.24, 2.45) is 7.05 Å². The van der Waals surface area contributed by atoms with Gasteiger partial charge in [-0.3, -0.25) is 4.68 Å². The van der Waals surface area contributed by atoms with Crippen LogP contribution in [0.25, 0.3) is 0 Å².